The molecule has 0 aliphatic carbocycles. The number of rotatable bonds is 9. The summed E-state index contributed by atoms with van der Waals surface area (Å²) in [4.78, 5) is 25.9. The number of amides is 2. The number of piperidine rings is 1. The lowest BCUT2D eigenvalue weighted by atomic mass is 9.90. The van der Waals surface area contributed by atoms with Crippen LogP contribution >= 0.6 is 0 Å². The van der Waals surface area contributed by atoms with Crippen molar-refractivity contribution < 1.29 is 27.1 Å². The Morgan fingerprint density at radius 2 is 1.69 bits per heavy atom. The smallest absolute Gasteiger partial charge is 0.251 e. The molecule has 2 heterocycles. The minimum absolute atomic E-state index is 0.0817. The normalized spacial score (nSPS) is 17.9. The molecule has 0 spiro atoms. The van der Waals surface area contributed by atoms with Gasteiger partial charge in [-0.05, 0) is 86.8 Å². The van der Waals surface area contributed by atoms with Crippen LogP contribution in [0, 0.1) is 11.7 Å². The Morgan fingerprint density at radius 1 is 1.03 bits per heavy atom. The van der Waals surface area contributed by atoms with E-state index in [0.717, 1.165) is 25.9 Å². The van der Waals surface area contributed by atoms with Crippen molar-refractivity contribution in [2.24, 2.45) is 5.92 Å². The molecule has 0 saturated carbocycles. The maximum atomic E-state index is 13.2. The van der Waals surface area contributed by atoms with Crippen molar-refractivity contribution in [2.75, 3.05) is 31.6 Å². The van der Waals surface area contributed by atoms with Gasteiger partial charge in [0.05, 0.1) is 24.2 Å². The van der Waals surface area contributed by atoms with E-state index in [1.165, 1.54) is 48.5 Å². The van der Waals surface area contributed by atoms with E-state index in [4.69, 9.17) is 4.74 Å². The number of hydrogen-bond donors (Lipinski definition) is 4. The Morgan fingerprint density at radius 3 is 2.29 bits per heavy atom. The maximum Gasteiger partial charge on any atom is 0.251 e. The summed E-state index contributed by atoms with van der Waals surface area (Å²) in [5.41, 5.74) is 0.667. The molecule has 4 N–H and O–H groups in total. The summed E-state index contributed by atoms with van der Waals surface area (Å²) in [7, 11) is -3.68. The Bertz CT molecular complexity index is 1130. The Labute approximate surface area is 203 Å². The van der Waals surface area contributed by atoms with Crippen LogP contribution in [0.3, 0.4) is 0 Å². The highest BCUT2D eigenvalue weighted by Crippen LogP contribution is 2.20. The number of carbonyl (C=O) groups is 2. The van der Waals surface area contributed by atoms with Crippen LogP contribution in [0.1, 0.15) is 29.6 Å². The molecule has 2 fully saturated rings. The fourth-order valence-electron chi connectivity index (χ4n) is 4.06. The number of nitrogens with one attached hydrogen (secondary N) is 4. The summed E-state index contributed by atoms with van der Waals surface area (Å²) < 4.78 is 45.7. The summed E-state index contributed by atoms with van der Waals surface area (Å²) in [5.74, 6) is -1.06. The predicted octanol–water partition coefficient (Wildman–Crippen LogP) is 1.63. The molecule has 1 atom stereocenters. The number of sulfonamides is 1. The SMILES string of the molecule is O=C(NC(CC1CCNCC1)C(=O)Nc1ccc(S(=O)(=O)NC2COC2)cc1)c1ccc(F)cc1. The van der Waals surface area contributed by atoms with Gasteiger partial charge in [-0.3, -0.25) is 9.59 Å². The number of carbonyl (C=O) groups excluding carboxylic acids is 2. The van der Waals surface area contributed by atoms with Crippen molar-refractivity contribution in [1.82, 2.24) is 15.4 Å². The van der Waals surface area contributed by atoms with Crippen LogP contribution in [0.25, 0.3) is 0 Å². The summed E-state index contributed by atoms with van der Waals surface area (Å²) in [6.45, 7) is 2.38. The topological polar surface area (TPSA) is 126 Å². The van der Waals surface area contributed by atoms with E-state index in [0.29, 0.717) is 25.3 Å². The third kappa shape index (κ3) is 6.85. The van der Waals surface area contributed by atoms with Gasteiger partial charge >= 0.3 is 0 Å². The molecule has 0 bridgehead atoms. The molecule has 2 saturated heterocycles. The van der Waals surface area contributed by atoms with Crippen LogP contribution in [-0.2, 0) is 19.6 Å². The fourth-order valence-corrected chi connectivity index (χ4v) is 5.27. The quantitative estimate of drug-likeness (QED) is 0.411. The molecule has 188 valence electrons. The highest BCUT2D eigenvalue weighted by molar-refractivity contribution is 7.89. The van der Waals surface area contributed by atoms with Crippen LogP contribution in [0.5, 0.6) is 0 Å². The molecule has 9 nitrogen and oxygen atoms in total. The number of anilines is 1. The van der Waals surface area contributed by atoms with E-state index < -0.39 is 33.7 Å². The largest absolute Gasteiger partial charge is 0.378 e. The molecule has 0 aromatic heterocycles. The highest BCUT2D eigenvalue weighted by atomic mass is 32.2. The first-order valence-electron chi connectivity index (χ1n) is 11.6. The van der Waals surface area contributed by atoms with Crippen molar-refractivity contribution in [2.45, 2.75) is 36.2 Å². The van der Waals surface area contributed by atoms with Gasteiger partial charge in [0.1, 0.15) is 11.9 Å². The van der Waals surface area contributed by atoms with Gasteiger partial charge in [0.15, 0.2) is 0 Å². The lowest BCUT2D eigenvalue weighted by Gasteiger charge is -2.27. The molecular weight excluding hydrogens is 475 g/mol. The Balaban J connectivity index is 1.43. The molecule has 2 aromatic carbocycles. The zero-order valence-corrected chi connectivity index (χ0v) is 19.9. The van der Waals surface area contributed by atoms with E-state index >= 15 is 0 Å². The minimum Gasteiger partial charge on any atom is -0.378 e. The van der Waals surface area contributed by atoms with Gasteiger partial charge in [-0.2, -0.15) is 0 Å². The van der Waals surface area contributed by atoms with Crippen molar-refractivity contribution in [3.8, 4) is 0 Å². The van der Waals surface area contributed by atoms with Crippen LogP contribution in [0.4, 0.5) is 10.1 Å². The van der Waals surface area contributed by atoms with E-state index in [9.17, 15) is 22.4 Å². The second-order valence-corrected chi connectivity index (χ2v) is 10.5. The fraction of sp³-hybridized carbons (Fsp3) is 0.417. The zero-order chi connectivity index (χ0) is 24.8. The molecule has 2 aromatic rings. The van der Waals surface area contributed by atoms with Gasteiger partial charge in [-0.1, -0.05) is 0 Å². The molecule has 2 amide bonds. The first kappa shape index (κ1) is 25.2. The summed E-state index contributed by atoms with van der Waals surface area (Å²) >= 11 is 0. The van der Waals surface area contributed by atoms with Crippen molar-refractivity contribution in [3.05, 3.63) is 59.9 Å². The Kier molecular flexibility index (Phi) is 8.11. The molecule has 0 radical (unpaired) electrons. The summed E-state index contributed by atoms with van der Waals surface area (Å²) in [6.07, 6.45) is 2.24. The van der Waals surface area contributed by atoms with Gasteiger partial charge in [-0.25, -0.2) is 17.5 Å². The van der Waals surface area contributed by atoms with Gasteiger partial charge in [0, 0.05) is 11.3 Å². The first-order chi connectivity index (χ1) is 16.8. The standard InChI is InChI=1S/C24H29FN4O5S/c25-18-3-1-17(2-4-18)23(30)28-22(13-16-9-11-26-12-10-16)24(31)27-19-5-7-21(8-6-19)35(32,33)29-20-14-34-15-20/h1-8,16,20,22,26,29H,9-15H2,(H,27,31)(H,28,30). The highest BCUT2D eigenvalue weighted by Gasteiger charge is 2.28. The lowest BCUT2D eigenvalue weighted by Crippen LogP contribution is -2.48. The van der Waals surface area contributed by atoms with E-state index in [2.05, 4.69) is 20.7 Å². The first-order valence-corrected chi connectivity index (χ1v) is 13.1. The predicted molar refractivity (Wildman–Crippen MR) is 128 cm³/mol. The monoisotopic (exact) mass is 504 g/mol. The second kappa shape index (κ2) is 11.3. The van der Waals surface area contributed by atoms with Crippen molar-refractivity contribution in [1.29, 1.82) is 0 Å². The third-order valence-electron chi connectivity index (χ3n) is 6.15. The van der Waals surface area contributed by atoms with Crippen molar-refractivity contribution >= 4 is 27.5 Å². The second-order valence-electron chi connectivity index (χ2n) is 8.83. The van der Waals surface area contributed by atoms with E-state index in [1.54, 1.807) is 0 Å². The molecule has 1 unspecified atom stereocenters. The van der Waals surface area contributed by atoms with Gasteiger partial charge in [0.25, 0.3) is 5.91 Å². The lowest BCUT2D eigenvalue weighted by molar-refractivity contribution is -0.118. The van der Waals surface area contributed by atoms with Crippen LogP contribution < -0.4 is 20.7 Å². The third-order valence-corrected chi connectivity index (χ3v) is 7.68. The molecule has 2 aliphatic rings. The number of hydrogen-bond acceptors (Lipinski definition) is 6. The molecule has 35 heavy (non-hydrogen) atoms. The zero-order valence-electron chi connectivity index (χ0n) is 19.1. The Hall–Kier alpha value is -2.86. The maximum absolute atomic E-state index is 13.2. The molecular formula is C24H29FN4O5S. The van der Waals surface area contributed by atoms with E-state index in [-0.39, 0.29) is 22.4 Å². The number of halogens is 1. The van der Waals surface area contributed by atoms with E-state index in [1.807, 2.05) is 0 Å². The summed E-state index contributed by atoms with van der Waals surface area (Å²) in [6, 6.07) is 9.92. The average Bonchev–Trinajstić information content (AvgIpc) is 2.82. The number of benzene rings is 2. The van der Waals surface area contributed by atoms with Crippen molar-refractivity contribution in [3.63, 3.8) is 0 Å². The molecule has 11 heteroatoms. The van der Waals surface area contributed by atoms with Gasteiger partial charge in [0.2, 0.25) is 15.9 Å². The summed E-state index contributed by atoms with van der Waals surface area (Å²) in [5, 5.41) is 8.83. The van der Waals surface area contributed by atoms with Crippen LogP contribution in [0.2, 0.25) is 0 Å². The average molecular weight is 505 g/mol. The van der Waals surface area contributed by atoms with Gasteiger partial charge in [-0.15, -0.1) is 0 Å². The molecule has 2 aliphatic heterocycles. The number of ether oxygens (including phenoxy) is 1. The van der Waals surface area contributed by atoms with Crippen LogP contribution in [-0.4, -0.2) is 58.6 Å². The van der Waals surface area contributed by atoms with Gasteiger partial charge < -0.3 is 20.7 Å². The minimum atomic E-state index is -3.68. The molecule has 4 rings (SSSR count). The van der Waals surface area contributed by atoms with Crippen LogP contribution in [0.15, 0.2) is 53.4 Å².